The molecular weight excluding hydrogens is 218 g/mol. The van der Waals surface area contributed by atoms with E-state index in [2.05, 4.69) is 29.8 Å². The molecule has 1 unspecified atom stereocenters. The van der Waals surface area contributed by atoms with Gasteiger partial charge >= 0.3 is 0 Å². The minimum Gasteiger partial charge on any atom is -0.496 e. The molecule has 1 N–H and O–H groups in total. The van der Waals surface area contributed by atoms with Crippen molar-refractivity contribution in [1.29, 1.82) is 0 Å². The summed E-state index contributed by atoms with van der Waals surface area (Å²) in [6.45, 7) is 2.26. The van der Waals surface area contributed by atoms with E-state index >= 15 is 0 Å². The lowest BCUT2D eigenvalue weighted by atomic mass is 9.91. The van der Waals surface area contributed by atoms with Gasteiger partial charge in [0.05, 0.1) is 7.11 Å². The maximum absolute atomic E-state index is 5.43. The summed E-state index contributed by atoms with van der Waals surface area (Å²) in [4.78, 5) is 1.22. The Balaban J connectivity index is 2.20. The van der Waals surface area contributed by atoms with Crippen LogP contribution in [0.2, 0.25) is 0 Å². The smallest absolute Gasteiger partial charge is 0.132 e. The third kappa shape index (κ3) is 2.53. The van der Waals surface area contributed by atoms with Crippen molar-refractivity contribution in [3.63, 3.8) is 0 Å². The highest BCUT2D eigenvalue weighted by Gasteiger charge is 2.16. The van der Waals surface area contributed by atoms with E-state index in [0.717, 1.165) is 18.8 Å². The second kappa shape index (κ2) is 5.60. The van der Waals surface area contributed by atoms with Gasteiger partial charge < -0.3 is 10.1 Å². The van der Waals surface area contributed by atoms with Gasteiger partial charge in [-0.05, 0) is 49.3 Å². The molecule has 0 spiro atoms. The molecule has 0 bridgehead atoms. The third-order valence-electron chi connectivity index (χ3n) is 3.18. The highest BCUT2D eigenvalue weighted by atomic mass is 32.2. The van der Waals surface area contributed by atoms with Crippen molar-refractivity contribution >= 4 is 11.8 Å². The Morgan fingerprint density at radius 1 is 1.44 bits per heavy atom. The molecule has 0 saturated carbocycles. The van der Waals surface area contributed by atoms with Crippen molar-refractivity contribution in [3.05, 3.63) is 23.8 Å². The molecule has 0 amide bonds. The SMILES string of the molecule is COc1cc(C2CCCNC2)ccc1SC. The average Bonchev–Trinajstić information content (AvgIpc) is 2.39. The molecule has 2 nitrogen and oxygen atoms in total. The zero-order valence-electron chi connectivity index (χ0n) is 9.95. The first-order valence-corrected chi connectivity index (χ1v) is 7.00. The fourth-order valence-electron chi connectivity index (χ4n) is 2.24. The lowest BCUT2D eigenvalue weighted by Gasteiger charge is -2.23. The van der Waals surface area contributed by atoms with Crippen LogP contribution >= 0.6 is 11.8 Å². The zero-order valence-corrected chi connectivity index (χ0v) is 10.8. The van der Waals surface area contributed by atoms with Crippen LogP contribution in [0.3, 0.4) is 0 Å². The minimum absolute atomic E-state index is 0.651. The van der Waals surface area contributed by atoms with Gasteiger partial charge in [0.2, 0.25) is 0 Å². The molecule has 16 heavy (non-hydrogen) atoms. The average molecular weight is 237 g/mol. The highest BCUT2D eigenvalue weighted by molar-refractivity contribution is 7.98. The molecule has 88 valence electrons. The van der Waals surface area contributed by atoms with Crippen molar-refractivity contribution in [3.8, 4) is 5.75 Å². The van der Waals surface area contributed by atoms with Crippen molar-refractivity contribution in [1.82, 2.24) is 5.32 Å². The number of rotatable bonds is 3. The number of nitrogens with one attached hydrogen (secondary N) is 1. The van der Waals surface area contributed by atoms with Crippen molar-refractivity contribution < 1.29 is 4.74 Å². The van der Waals surface area contributed by atoms with E-state index in [-0.39, 0.29) is 0 Å². The molecule has 1 heterocycles. The summed E-state index contributed by atoms with van der Waals surface area (Å²) in [6, 6.07) is 6.61. The summed E-state index contributed by atoms with van der Waals surface area (Å²) in [5.74, 6) is 1.66. The van der Waals surface area contributed by atoms with Gasteiger partial charge in [-0.2, -0.15) is 0 Å². The second-order valence-electron chi connectivity index (χ2n) is 4.16. The maximum atomic E-state index is 5.43. The van der Waals surface area contributed by atoms with Crippen molar-refractivity contribution in [2.45, 2.75) is 23.7 Å². The van der Waals surface area contributed by atoms with E-state index in [4.69, 9.17) is 4.74 Å². The van der Waals surface area contributed by atoms with Crippen LogP contribution in [0.4, 0.5) is 0 Å². The van der Waals surface area contributed by atoms with Gasteiger partial charge in [-0.25, -0.2) is 0 Å². The monoisotopic (exact) mass is 237 g/mol. The van der Waals surface area contributed by atoms with E-state index in [1.807, 2.05) is 0 Å². The molecule has 1 aromatic carbocycles. The van der Waals surface area contributed by atoms with Crippen LogP contribution in [0.1, 0.15) is 24.3 Å². The highest BCUT2D eigenvalue weighted by Crippen LogP contribution is 2.32. The van der Waals surface area contributed by atoms with E-state index in [0.29, 0.717) is 5.92 Å². The number of hydrogen-bond donors (Lipinski definition) is 1. The zero-order chi connectivity index (χ0) is 11.4. The van der Waals surface area contributed by atoms with Crippen LogP contribution in [0.15, 0.2) is 23.1 Å². The van der Waals surface area contributed by atoms with Crippen LogP contribution in [0.5, 0.6) is 5.75 Å². The normalized spacial score (nSPS) is 20.8. The quantitative estimate of drug-likeness (QED) is 0.817. The Hall–Kier alpha value is -0.670. The molecular formula is C13H19NOS. The van der Waals surface area contributed by atoms with Crippen molar-refractivity contribution in [2.75, 3.05) is 26.5 Å². The lowest BCUT2D eigenvalue weighted by Crippen LogP contribution is -2.28. The maximum Gasteiger partial charge on any atom is 0.132 e. The number of benzene rings is 1. The molecule has 0 aliphatic carbocycles. The molecule has 1 fully saturated rings. The van der Waals surface area contributed by atoms with Gasteiger partial charge in [-0.1, -0.05) is 6.07 Å². The fourth-order valence-corrected chi connectivity index (χ4v) is 2.79. The van der Waals surface area contributed by atoms with E-state index in [1.165, 1.54) is 23.3 Å². The minimum atomic E-state index is 0.651. The second-order valence-corrected chi connectivity index (χ2v) is 5.01. The fraction of sp³-hybridized carbons (Fsp3) is 0.538. The van der Waals surface area contributed by atoms with E-state index in [1.54, 1.807) is 18.9 Å². The van der Waals surface area contributed by atoms with Crippen LogP contribution in [0, 0.1) is 0 Å². The Morgan fingerprint density at radius 3 is 2.94 bits per heavy atom. The first kappa shape index (κ1) is 11.8. The van der Waals surface area contributed by atoms with Crippen LogP contribution < -0.4 is 10.1 Å². The predicted molar refractivity (Wildman–Crippen MR) is 69.6 cm³/mol. The standard InChI is InChI=1S/C13H19NOS/c1-15-12-8-10(5-6-13(12)16-2)11-4-3-7-14-9-11/h5-6,8,11,14H,3-4,7,9H2,1-2H3. The van der Waals surface area contributed by atoms with Gasteiger partial charge in [-0.3, -0.25) is 0 Å². The number of thioether (sulfide) groups is 1. The summed E-state index contributed by atoms with van der Waals surface area (Å²) in [5, 5.41) is 3.45. The molecule has 1 saturated heterocycles. The third-order valence-corrected chi connectivity index (χ3v) is 3.95. The summed E-state index contributed by atoms with van der Waals surface area (Å²) in [6.07, 6.45) is 4.64. The number of ether oxygens (including phenoxy) is 1. The van der Waals surface area contributed by atoms with Gasteiger partial charge in [0, 0.05) is 11.4 Å². The molecule has 0 aromatic heterocycles. The molecule has 0 radical (unpaired) electrons. The Labute approximate surface area is 102 Å². The molecule has 1 aromatic rings. The summed E-state index contributed by atoms with van der Waals surface area (Å²) < 4.78 is 5.43. The summed E-state index contributed by atoms with van der Waals surface area (Å²) in [7, 11) is 1.75. The lowest BCUT2D eigenvalue weighted by molar-refractivity contribution is 0.401. The van der Waals surface area contributed by atoms with E-state index < -0.39 is 0 Å². The molecule has 1 atom stereocenters. The molecule has 1 aliphatic rings. The first-order valence-electron chi connectivity index (χ1n) is 5.78. The molecule has 1 aliphatic heterocycles. The Kier molecular flexibility index (Phi) is 4.13. The van der Waals surface area contributed by atoms with Gasteiger partial charge in [0.1, 0.15) is 5.75 Å². The van der Waals surface area contributed by atoms with Gasteiger partial charge in [0.25, 0.3) is 0 Å². The van der Waals surface area contributed by atoms with Gasteiger partial charge in [-0.15, -0.1) is 11.8 Å². The summed E-state index contributed by atoms with van der Waals surface area (Å²) >= 11 is 1.73. The Bertz CT molecular complexity index is 348. The largest absolute Gasteiger partial charge is 0.496 e. The topological polar surface area (TPSA) is 21.3 Å². The number of methoxy groups -OCH3 is 1. The Morgan fingerprint density at radius 2 is 2.31 bits per heavy atom. The van der Waals surface area contributed by atoms with E-state index in [9.17, 15) is 0 Å². The van der Waals surface area contributed by atoms with Crippen LogP contribution in [-0.2, 0) is 0 Å². The number of piperidine rings is 1. The van der Waals surface area contributed by atoms with Crippen molar-refractivity contribution in [2.24, 2.45) is 0 Å². The van der Waals surface area contributed by atoms with Gasteiger partial charge in [0.15, 0.2) is 0 Å². The first-order chi connectivity index (χ1) is 7.85. The number of hydrogen-bond acceptors (Lipinski definition) is 3. The van der Waals surface area contributed by atoms with Crippen LogP contribution in [-0.4, -0.2) is 26.5 Å². The molecule has 3 heteroatoms. The summed E-state index contributed by atoms with van der Waals surface area (Å²) in [5.41, 5.74) is 1.40. The molecule has 2 rings (SSSR count). The predicted octanol–water partition coefficient (Wildman–Crippen LogP) is 2.88. The van der Waals surface area contributed by atoms with Crippen LogP contribution in [0.25, 0.3) is 0 Å².